The quantitative estimate of drug-likeness (QED) is 0.764. The van der Waals surface area contributed by atoms with Crippen LogP contribution in [0.25, 0.3) is 11.3 Å². The van der Waals surface area contributed by atoms with E-state index in [2.05, 4.69) is 0 Å². The molecule has 1 aromatic carbocycles. The van der Waals surface area contributed by atoms with E-state index in [0.29, 0.717) is 23.3 Å². The van der Waals surface area contributed by atoms with Crippen LogP contribution in [0.3, 0.4) is 0 Å². The maximum Gasteiger partial charge on any atom is 0.185 e. The average molecular weight is 233 g/mol. The Labute approximate surface area is 98.5 Å². The molecule has 0 radical (unpaired) electrons. The highest BCUT2D eigenvalue weighted by atomic mass is 19.1. The molecule has 1 aromatic heterocycles. The van der Waals surface area contributed by atoms with Crippen molar-refractivity contribution in [3.8, 4) is 11.3 Å². The molecule has 0 spiro atoms. The second-order valence-corrected chi connectivity index (χ2v) is 3.88. The van der Waals surface area contributed by atoms with E-state index in [0.717, 1.165) is 0 Å². The van der Waals surface area contributed by atoms with Gasteiger partial charge in [0.05, 0.1) is 5.69 Å². The van der Waals surface area contributed by atoms with Crippen molar-refractivity contribution in [3.63, 3.8) is 0 Å². The van der Waals surface area contributed by atoms with E-state index in [4.69, 9.17) is 4.42 Å². The minimum absolute atomic E-state index is 0.233. The Morgan fingerprint density at radius 1 is 1.24 bits per heavy atom. The van der Waals surface area contributed by atoms with Crippen LogP contribution in [-0.4, -0.2) is 20.4 Å². The lowest BCUT2D eigenvalue weighted by molar-refractivity contribution is 0.110. The van der Waals surface area contributed by atoms with Gasteiger partial charge in [0.25, 0.3) is 0 Å². The fourth-order valence-corrected chi connectivity index (χ4v) is 1.59. The third kappa shape index (κ3) is 2.20. The van der Waals surface area contributed by atoms with Crippen molar-refractivity contribution in [2.24, 2.45) is 0 Å². The van der Waals surface area contributed by atoms with Crippen LogP contribution in [0, 0.1) is 5.82 Å². The fraction of sp³-hybridized carbons (Fsp3) is 0.154. The topological polar surface area (TPSA) is 33.5 Å². The van der Waals surface area contributed by atoms with Crippen LogP contribution in [0.2, 0.25) is 0 Å². The number of carbonyl (C=O) groups is 1. The summed E-state index contributed by atoms with van der Waals surface area (Å²) in [6.45, 7) is 0. The normalized spacial score (nSPS) is 10.3. The molecule has 0 amide bonds. The van der Waals surface area contributed by atoms with E-state index in [9.17, 15) is 9.18 Å². The lowest BCUT2D eigenvalue weighted by Gasteiger charge is -2.13. The van der Waals surface area contributed by atoms with Crippen molar-refractivity contribution < 1.29 is 13.6 Å². The molecule has 0 saturated carbocycles. The molecule has 0 atom stereocenters. The zero-order valence-electron chi connectivity index (χ0n) is 9.61. The van der Waals surface area contributed by atoms with Gasteiger partial charge in [0.15, 0.2) is 12.0 Å². The first kappa shape index (κ1) is 11.4. The largest absolute Gasteiger partial charge is 0.453 e. The Kier molecular flexibility index (Phi) is 2.95. The number of hydrogen-bond donors (Lipinski definition) is 0. The number of nitrogens with zero attached hydrogens (tertiary/aromatic N) is 1. The van der Waals surface area contributed by atoms with E-state index >= 15 is 0 Å². The standard InChI is InChI=1S/C13H12FNO2/c1-15(2)12-5-3-9(7-11(12)14)13-6-4-10(8-16)17-13/h3-8H,1-2H3. The van der Waals surface area contributed by atoms with E-state index < -0.39 is 0 Å². The number of carbonyl (C=O) groups excluding carboxylic acids is 1. The molecular weight excluding hydrogens is 221 g/mol. The lowest BCUT2D eigenvalue weighted by Crippen LogP contribution is -2.10. The van der Waals surface area contributed by atoms with Crippen LogP contribution < -0.4 is 4.90 Å². The highest BCUT2D eigenvalue weighted by molar-refractivity contribution is 5.73. The summed E-state index contributed by atoms with van der Waals surface area (Å²) in [6.07, 6.45) is 0.619. The number of aldehydes is 1. The van der Waals surface area contributed by atoms with Gasteiger partial charge in [0.2, 0.25) is 0 Å². The van der Waals surface area contributed by atoms with Crippen molar-refractivity contribution in [1.82, 2.24) is 0 Å². The molecule has 88 valence electrons. The summed E-state index contributed by atoms with van der Waals surface area (Å²) >= 11 is 0. The Morgan fingerprint density at radius 3 is 2.53 bits per heavy atom. The van der Waals surface area contributed by atoms with E-state index in [1.165, 1.54) is 6.07 Å². The molecule has 1 heterocycles. The van der Waals surface area contributed by atoms with Crippen LogP contribution in [0.5, 0.6) is 0 Å². The van der Waals surface area contributed by atoms with E-state index in [1.807, 2.05) is 0 Å². The first-order valence-electron chi connectivity index (χ1n) is 5.14. The Hall–Kier alpha value is -2.10. The molecule has 0 unspecified atom stereocenters. The van der Waals surface area contributed by atoms with Gasteiger partial charge in [-0.1, -0.05) is 0 Å². The van der Waals surface area contributed by atoms with Gasteiger partial charge < -0.3 is 9.32 Å². The maximum atomic E-state index is 13.7. The minimum Gasteiger partial charge on any atom is -0.453 e. The van der Waals surface area contributed by atoms with Gasteiger partial charge >= 0.3 is 0 Å². The zero-order valence-corrected chi connectivity index (χ0v) is 9.61. The van der Waals surface area contributed by atoms with Crippen LogP contribution in [0.1, 0.15) is 10.6 Å². The van der Waals surface area contributed by atoms with Gasteiger partial charge in [-0.2, -0.15) is 0 Å². The van der Waals surface area contributed by atoms with Gasteiger partial charge in [-0.25, -0.2) is 4.39 Å². The molecule has 0 N–H and O–H groups in total. The molecule has 17 heavy (non-hydrogen) atoms. The summed E-state index contributed by atoms with van der Waals surface area (Å²) in [7, 11) is 3.55. The molecule has 0 aliphatic rings. The molecule has 2 rings (SSSR count). The van der Waals surface area contributed by atoms with Gasteiger partial charge in [0, 0.05) is 19.7 Å². The second kappa shape index (κ2) is 4.41. The van der Waals surface area contributed by atoms with Crippen molar-refractivity contribution >= 4 is 12.0 Å². The molecule has 4 heteroatoms. The Morgan fingerprint density at radius 2 is 2.00 bits per heavy atom. The lowest BCUT2D eigenvalue weighted by atomic mass is 10.1. The number of anilines is 1. The van der Waals surface area contributed by atoms with Crippen molar-refractivity contribution in [2.75, 3.05) is 19.0 Å². The Balaban J connectivity index is 2.40. The van der Waals surface area contributed by atoms with Crippen molar-refractivity contribution in [3.05, 3.63) is 41.9 Å². The summed E-state index contributed by atoms with van der Waals surface area (Å²) < 4.78 is 18.9. The molecule has 0 fully saturated rings. The van der Waals surface area contributed by atoms with Gasteiger partial charge in [-0.15, -0.1) is 0 Å². The third-order valence-corrected chi connectivity index (χ3v) is 2.46. The van der Waals surface area contributed by atoms with Crippen LogP contribution >= 0.6 is 0 Å². The molecule has 0 bridgehead atoms. The number of benzene rings is 1. The summed E-state index contributed by atoms with van der Waals surface area (Å²) in [4.78, 5) is 12.2. The molecule has 3 nitrogen and oxygen atoms in total. The smallest absolute Gasteiger partial charge is 0.185 e. The summed E-state index contributed by atoms with van der Waals surface area (Å²) in [6, 6.07) is 8.02. The fourth-order valence-electron chi connectivity index (χ4n) is 1.59. The Bertz CT molecular complexity index is 546. The maximum absolute atomic E-state index is 13.7. The van der Waals surface area contributed by atoms with Gasteiger partial charge in [0.1, 0.15) is 11.6 Å². The first-order valence-corrected chi connectivity index (χ1v) is 5.14. The first-order chi connectivity index (χ1) is 8.11. The van der Waals surface area contributed by atoms with Crippen LogP contribution in [0.15, 0.2) is 34.7 Å². The van der Waals surface area contributed by atoms with Crippen molar-refractivity contribution in [2.45, 2.75) is 0 Å². The van der Waals surface area contributed by atoms with Crippen LogP contribution in [0.4, 0.5) is 10.1 Å². The second-order valence-electron chi connectivity index (χ2n) is 3.88. The minimum atomic E-state index is -0.323. The number of halogens is 1. The molecule has 0 aliphatic carbocycles. The SMILES string of the molecule is CN(C)c1ccc(-c2ccc(C=O)o2)cc1F. The molecule has 0 aliphatic heterocycles. The molecule has 2 aromatic rings. The summed E-state index contributed by atoms with van der Waals surface area (Å²) in [5, 5.41) is 0. The third-order valence-electron chi connectivity index (χ3n) is 2.46. The van der Waals surface area contributed by atoms with Gasteiger partial charge in [-0.3, -0.25) is 4.79 Å². The van der Waals surface area contributed by atoms with Gasteiger partial charge in [-0.05, 0) is 30.3 Å². The highest BCUT2D eigenvalue weighted by Gasteiger charge is 2.09. The number of hydrogen-bond acceptors (Lipinski definition) is 3. The predicted molar refractivity (Wildman–Crippen MR) is 63.8 cm³/mol. The zero-order chi connectivity index (χ0) is 12.4. The van der Waals surface area contributed by atoms with Crippen molar-refractivity contribution in [1.29, 1.82) is 0 Å². The molecule has 0 saturated heterocycles. The summed E-state index contributed by atoms with van der Waals surface area (Å²) in [5.74, 6) is 0.393. The van der Waals surface area contributed by atoms with E-state index in [-0.39, 0.29) is 11.6 Å². The highest BCUT2D eigenvalue weighted by Crippen LogP contribution is 2.26. The number of rotatable bonds is 3. The van der Waals surface area contributed by atoms with E-state index in [1.54, 1.807) is 43.3 Å². The monoisotopic (exact) mass is 233 g/mol. The molecular formula is C13H12FNO2. The number of furan rings is 1. The average Bonchev–Trinajstić information content (AvgIpc) is 2.76. The predicted octanol–water partition coefficient (Wildman–Crippen LogP) is 2.96. The van der Waals surface area contributed by atoms with Crippen LogP contribution in [-0.2, 0) is 0 Å². The summed E-state index contributed by atoms with van der Waals surface area (Å²) in [5.41, 5.74) is 1.12.